The Morgan fingerprint density at radius 1 is 1.19 bits per heavy atom. The van der Waals surface area contributed by atoms with E-state index in [9.17, 15) is 4.79 Å². The molecule has 0 radical (unpaired) electrons. The number of benzene rings is 2. The molecule has 3 rings (SSSR count). The second-order valence-corrected chi connectivity index (χ2v) is 6.44. The number of hydrogen-bond donors (Lipinski definition) is 0. The maximum absolute atomic E-state index is 11.9. The van der Waals surface area contributed by atoms with E-state index in [-0.39, 0.29) is 6.61 Å². The van der Waals surface area contributed by atoms with Crippen molar-refractivity contribution < 1.29 is 19.0 Å². The molecule has 0 unspecified atom stereocenters. The minimum absolute atomic E-state index is 0.159. The van der Waals surface area contributed by atoms with Crippen LogP contribution in [-0.2, 0) is 16.1 Å². The Morgan fingerprint density at radius 3 is 2.81 bits per heavy atom. The van der Waals surface area contributed by atoms with Gasteiger partial charge in [-0.25, -0.2) is 9.78 Å². The lowest BCUT2D eigenvalue weighted by molar-refractivity contribution is -0.138. The molecule has 0 spiro atoms. The first kappa shape index (κ1) is 17.9. The van der Waals surface area contributed by atoms with Crippen LogP contribution in [0.4, 0.5) is 0 Å². The summed E-state index contributed by atoms with van der Waals surface area (Å²) >= 11 is 1.53. The summed E-state index contributed by atoms with van der Waals surface area (Å²) in [5, 5.41) is 0.769. The van der Waals surface area contributed by atoms with Gasteiger partial charge in [0, 0.05) is 6.08 Å². The van der Waals surface area contributed by atoms with Gasteiger partial charge in [0.05, 0.1) is 23.9 Å². The van der Waals surface area contributed by atoms with Gasteiger partial charge >= 0.3 is 5.97 Å². The highest BCUT2D eigenvalue weighted by Gasteiger charge is 2.07. The molecule has 1 aromatic heterocycles. The van der Waals surface area contributed by atoms with E-state index in [2.05, 4.69) is 4.98 Å². The summed E-state index contributed by atoms with van der Waals surface area (Å²) in [6.45, 7) is 2.62. The van der Waals surface area contributed by atoms with E-state index in [1.807, 2.05) is 43.3 Å². The van der Waals surface area contributed by atoms with Gasteiger partial charge in [0.2, 0.25) is 0 Å². The summed E-state index contributed by atoms with van der Waals surface area (Å²) < 4.78 is 17.1. The third-order valence-electron chi connectivity index (χ3n) is 3.58. The van der Waals surface area contributed by atoms with Crippen LogP contribution in [0.2, 0.25) is 0 Å². The summed E-state index contributed by atoms with van der Waals surface area (Å²) in [7, 11) is 1.58. The Hall–Kier alpha value is -2.86. The fourth-order valence-electron chi connectivity index (χ4n) is 2.38. The van der Waals surface area contributed by atoms with Crippen LogP contribution in [0.25, 0.3) is 16.3 Å². The average molecular weight is 369 g/mol. The molecule has 0 saturated heterocycles. The Kier molecular flexibility index (Phi) is 5.86. The van der Waals surface area contributed by atoms with Crippen LogP contribution < -0.4 is 9.47 Å². The summed E-state index contributed by atoms with van der Waals surface area (Å²) in [4.78, 5) is 16.4. The van der Waals surface area contributed by atoms with Gasteiger partial charge in [-0.05, 0) is 42.8 Å². The highest BCUT2D eigenvalue weighted by molar-refractivity contribution is 7.19. The number of methoxy groups -OCH3 is 1. The van der Waals surface area contributed by atoms with E-state index in [0.717, 1.165) is 20.8 Å². The van der Waals surface area contributed by atoms with Crippen molar-refractivity contribution in [2.45, 2.75) is 13.5 Å². The van der Waals surface area contributed by atoms with Crippen LogP contribution in [-0.4, -0.2) is 24.7 Å². The summed E-state index contributed by atoms with van der Waals surface area (Å²) in [6, 6.07) is 13.3. The molecule has 0 aliphatic rings. The van der Waals surface area contributed by atoms with Crippen LogP contribution in [0.3, 0.4) is 0 Å². The Balaban J connectivity index is 1.59. The predicted molar refractivity (Wildman–Crippen MR) is 103 cm³/mol. The minimum Gasteiger partial charge on any atom is -0.493 e. The van der Waals surface area contributed by atoms with Crippen molar-refractivity contribution in [1.82, 2.24) is 4.98 Å². The molecule has 26 heavy (non-hydrogen) atoms. The first-order valence-electron chi connectivity index (χ1n) is 8.19. The van der Waals surface area contributed by atoms with Gasteiger partial charge < -0.3 is 14.2 Å². The SMILES string of the molecule is CCOc1ccc(COC(=O)C=Cc2nc3ccccc3s2)cc1OC. The van der Waals surface area contributed by atoms with Gasteiger partial charge in [-0.2, -0.15) is 0 Å². The largest absolute Gasteiger partial charge is 0.493 e. The van der Waals surface area contributed by atoms with Gasteiger partial charge in [-0.3, -0.25) is 0 Å². The maximum Gasteiger partial charge on any atom is 0.331 e. The second kappa shape index (κ2) is 8.49. The fourth-order valence-corrected chi connectivity index (χ4v) is 3.25. The van der Waals surface area contributed by atoms with Crippen molar-refractivity contribution in [3.63, 3.8) is 0 Å². The third-order valence-corrected chi connectivity index (χ3v) is 4.58. The van der Waals surface area contributed by atoms with Crippen LogP contribution in [0.1, 0.15) is 17.5 Å². The van der Waals surface area contributed by atoms with Crippen molar-refractivity contribution in [3.05, 3.63) is 59.1 Å². The van der Waals surface area contributed by atoms with Crippen molar-refractivity contribution in [3.8, 4) is 11.5 Å². The number of ether oxygens (including phenoxy) is 3. The number of carbonyl (C=O) groups excluding carboxylic acids is 1. The molecule has 0 N–H and O–H groups in total. The molecule has 5 nitrogen and oxygen atoms in total. The number of carbonyl (C=O) groups is 1. The number of nitrogens with zero attached hydrogens (tertiary/aromatic N) is 1. The third kappa shape index (κ3) is 4.40. The zero-order chi connectivity index (χ0) is 18.4. The number of esters is 1. The zero-order valence-electron chi connectivity index (χ0n) is 14.6. The molecule has 0 atom stereocenters. The molecule has 0 saturated carbocycles. The van der Waals surface area contributed by atoms with E-state index in [1.165, 1.54) is 17.4 Å². The van der Waals surface area contributed by atoms with Gasteiger partial charge in [0.1, 0.15) is 11.6 Å². The lowest BCUT2D eigenvalue weighted by atomic mass is 10.2. The molecule has 2 aromatic carbocycles. The fraction of sp³-hybridized carbons (Fsp3) is 0.200. The molecule has 0 bridgehead atoms. The molecule has 0 aliphatic heterocycles. The number of fused-ring (bicyclic) bond motifs is 1. The van der Waals surface area contributed by atoms with Gasteiger partial charge in [0.25, 0.3) is 0 Å². The van der Waals surface area contributed by atoms with E-state index in [0.29, 0.717) is 18.1 Å². The molecule has 3 aromatic rings. The molecule has 0 aliphatic carbocycles. The van der Waals surface area contributed by atoms with Crippen molar-refractivity contribution in [2.24, 2.45) is 0 Å². The number of thiazole rings is 1. The number of aromatic nitrogens is 1. The Morgan fingerprint density at radius 2 is 2.04 bits per heavy atom. The highest BCUT2D eigenvalue weighted by atomic mass is 32.1. The molecule has 134 valence electrons. The first-order valence-corrected chi connectivity index (χ1v) is 9.01. The molecular formula is C20H19NO4S. The van der Waals surface area contributed by atoms with Crippen molar-refractivity contribution in [2.75, 3.05) is 13.7 Å². The molecule has 6 heteroatoms. The number of para-hydroxylation sites is 1. The van der Waals surface area contributed by atoms with Crippen LogP contribution in [0.5, 0.6) is 11.5 Å². The predicted octanol–water partition coefficient (Wildman–Crippen LogP) is 4.46. The lowest BCUT2D eigenvalue weighted by Gasteiger charge is -2.10. The summed E-state index contributed by atoms with van der Waals surface area (Å²) in [5.41, 5.74) is 1.75. The van der Waals surface area contributed by atoms with E-state index >= 15 is 0 Å². The average Bonchev–Trinajstić information content (AvgIpc) is 3.08. The molecule has 0 fully saturated rings. The lowest BCUT2D eigenvalue weighted by Crippen LogP contribution is -2.02. The normalized spacial score (nSPS) is 11.0. The van der Waals surface area contributed by atoms with E-state index < -0.39 is 5.97 Å². The smallest absolute Gasteiger partial charge is 0.331 e. The highest BCUT2D eigenvalue weighted by Crippen LogP contribution is 2.28. The van der Waals surface area contributed by atoms with Gasteiger partial charge in [-0.15, -0.1) is 11.3 Å². The van der Waals surface area contributed by atoms with E-state index in [4.69, 9.17) is 14.2 Å². The monoisotopic (exact) mass is 369 g/mol. The molecular weight excluding hydrogens is 350 g/mol. The summed E-state index contributed by atoms with van der Waals surface area (Å²) in [5.74, 6) is 0.864. The van der Waals surface area contributed by atoms with Crippen LogP contribution in [0.15, 0.2) is 48.5 Å². The Bertz CT molecular complexity index is 899. The molecule has 1 heterocycles. The van der Waals surface area contributed by atoms with E-state index in [1.54, 1.807) is 19.3 Å². The maximum atomic E-state index is 11.9. The Labute approximate surface area is 155 Å². The van der Waals surface area contributed by atoms with Gasteiger partial charge in [-0.1, -0.05) is 18.2 Å². The standard InChI is InChI=1S/C20H19NO4S/c1-3-24-16-9-8-14(12-17(16)23-2)13-25-20(22)11-10-19-21-15-6-4-5-7-18(15)26-19/h4-12H,3,13H2,1-2H3. The molecule has 0 amide bonds. The van der Waals surface area contributed by atoms with Gasteiger partial charge in [0.15, 0.2) is 11.5 Å². The first-order chi connectivity index (χ1) is 12.7. The minimum atomic E-state index is -0.419. The van der Waals surface area contributed by atoms with Crippen LogP contribution in [0, 0.1) is 0 Å². The second-order valence-electron chi connectivity index (χ2n) is 5.38. The quantitative estimate of drug-likeness (QED) is 0.455. The zero-order valence-corrected chi connectivity index (χ0v) is 15.4. The number of hydrogen-bond acceptors (Lipinski definition) is 6. The number of rotatable bonds is 7. The van der Waals surface area contributed by atoms with Crippen molar-refractivity contribution in [1.29, 1.82) is 0 Å². The summed E-state index contributed by atoms with van der Waals surface area (Å²) in [6.07, 6.45) is 3.06. The topological polar surface area (TPSA) is 57.7 Å². The van der Waals surface area contributed by atoms with Crippen LogP contribution >= 0.6 is 11.3 Å². The van der Waals surface area contributed by atoms with Crippen molar-refractivity contribution >= 4 is 33.6 Å².